The Balaban J connectivity index is 1.41. The van der Waals surface area contributed by atoms with Gasteiger partial charge in [0.25, 0.3) is 5.91 Å². The first-order chi connectivity index (χ1) is 18.4. The molecule has 206 valence electrons. The second-order valence-electron chi connectivity index (χ2n) is 10.4. The maximum absolute atomic E-state index is 14.2. The van der Waals surface area contributed by atoms with Gasteiger partial charge in [0.1, 0.15) is 17.6 Å². The van der Waals surface area contributed by atoms with Gasteiger partial charge in [0.15, 0.2) is 0 Å². The van der Waals surface area contributed by atoms with Crippen LogP contribution < -0.4 is 15.4 Å². The van der Waals surface area contributed by atoms with Crippen molar-refractivity contribution in [2.75, 3.05) is 11.9 Å². The zero-order valence-electron chi connectivity index (χ0n) is 20.9. The monoisotopic (exact) mass is 546 g/mol. The summed E-state index contributed by atoms with van der Waals surface area (Å²) in [6.45, 7) is 1.41. The highest BCUT2D eigenvalue weighted by molar-refractivity contribution is 6.08. The van der Waals surface area contributed by atoms with E-state index in [1.165, 1.54) is 42.2 Å². The van der Waals surface area contributed by atoms with Crippen LogP contribution in [0.25, 0.3) is 0 Å². The number of halogens is 4. The number of fused-ring (bicyclic) bond motifs is 2. The van der Waals surface area contributed by atoms with E-state index in [-0.39, 0.29) is 30.2 Å². The van der Waals surface area contributed by atoms with Crippen LogP contribution >= 0.6 is 0 Å². The topological polar surface area (TPSA) is 112 Å². The third-order valence-electron chi connectivity index (χ3n) is 7.52. The quantitative estimate of drug-likeness (QED) is 0.358. The van der Waals surface area contributed by atoms with E-state index < -0.39 is 53.1 Å². The number of nitrogens with one attached hydrogen (secondary N) is 3. The molecule has 0 unspecified atom stereocenters. The summed E-state index contributed by atoms with van der Waals surface area (Å²) in [6.07, 6.45) is -2.83. The van der Waals surface area contributed by atoms with Crippen molar-refractivity contribution in [3.8, 4) is 5.75 Å². The summed E-state index contributed by atoms with van der Waals surface area (Å²) in [5.41, 5.74) is -0.384. The smallest absolute Gasteiger partial charge is 0.406 e. The van der Waals surface area contributed by atoms with E-state index in [2.05, 4.69) is 15.4 Å². The minimum Gasteiger partial charge on any atom is -0.406 e. The molecule has 2 heterocycles. The molecule has 1 saturated heterocycles. The number of hydrogen-bond donors (Lipinski definition) is 3. The van der Waals surface area contributed by atoms with Crippen molar-refractivity contribution < 1.29 is 36.7 Å². The molecule has 3 aliphatic rings. The summed E-state index contributed by atoms with van der Waals surface area (Å²) >= 11 is 0. The molecule has 0 aromatic heterocycles. The number of carbonyl (C=O) groups is 3. The highest BCUT2D eigenvalue weighted by Gasteiger charge is 2.57. The summed E-state index contributed by atoms with van der Waals surface area (Å²) in [5.74, 6) is -2.59. The fourth-order valence-electron chi connectivity index (χ4n) is 5.45. The molecule has 3 atom stereocenters. The van der Waals surface area contributed by atoms with Gasteiger partial charge in [0.2, 0.25) is 11.8 Å². The number of carbonyl (C=O) groups excluding carboxylic acids is 3. The highest BCUT2D eigenvalue weighted by Crippen LogP contribution is 2.47. The molecule has 1 aliphatic carbocycles. The van der Waals surface area contributed by atoms with Crippen molar-refractivity contribution in [1.29, 1.82) is 5.41 Å². The number of nitrogens with zero attached hydrogens (tertiary/aromatic N) is 1. The third-order valence-corrected chi connectivity index (χ3v) is 7.52. The second kappa shape index (κ2) is 9.65. The van der Waals surface area contributed by atoms with E-state index >= 15 is 0 Å². The fraction of sp³-hybridized carbons (Fsp3) is 0.407. The zero-order chi connectivity index (χ0) is 28.1. The lowest BCUT2D eigenvalue weighted by Gasteiger charge is -2.29. The fourth-order valence-corrected chi connectivity index (χ4v) is 5.45. The molecule has 2 aromatic carbocycles. The lowest BCUT2D eigenvalue weighted by molar-refractivity contribution is -0.274. The van der Waals surface area contributed by atoms with Gasteiger partial charge in [-0.3, -0.25) is 14.4 Å². The molecular weight excluding hydrogens is 520 g/mol. The highest BCUT2D eigenvalue weighted by atomic mass is 19.4. The molecule has 8 nitrogen and oxygen atoms in total. The van der Waals surface area contributed by atoms with Crippen LogP contribution in [0.1, 0.15) is 48.5 Å². The first kappa shape index (κ1) is 26.6. The number of anilines is 1. The minimum absolute atomic E-state index is 0.0806. The Morgan fingerprint density at radius 1 is 1.23 bits per heavy atom. The first-order valence-electron chi connectivity index (χ1n) is 12.5. The standard InChI is InChI=1S/C27H26F4N4O4/c1-14(32)22-12-26(19-11-17(28)7-8-20(19)34-25(26)38)13-35(22)24(37)21(9-15-5-6-15)33-23(36)16-3-2-4-18(10-16)39-27(29,30)31/h2-4,7-8,10-11,15,21-22,32H,5-6,9,12-13H2,1H3,(H,33,36)(H,34,38)/t21-,22-,26-/m0/s1. The molecule has 12 heteroatoms. The van der Waals surface area contributed by atoms with E-state index in [0.717, 1.165) is 25.0 Å². The lowest BCUT2D eigenvalue weighted by atomic mass is 9.79. The number of benzene rings is 2. The predicted octanol–water partition coefficient (Wildman–Crippen LogP) is 4.15. The largest absolute Gasteiger partial charge is 0.573 e. The Labute approximate surface area is 221 Å². The average molecular weight is 547 g/mol. The Kier molecular flexibility index (Phi) is 6.59. The summed E-state index contributed by atoms with van der Waals surface area (Å²) in [4.78, 5) is 41.5. The third kappa shape index (κ3) is 5.32. The molecule has 2 aromatic rings. The van der Waals surface area contributed by atoms with Crippen LogP contribution in [0.5, 0.6) is 5.75 Å². The molecule has 3 amide bonds. The van der Waals surface area contributed by atoms with E-state index in [0.29, 0.717) is 17.7 Å². The Bertz CT molecular complexity index is 1360. The molecule has 2 aliphatic heterocycles. The van der Waals surface area contributed by atoms with Gasteiger partial charge < -0.3 is 25.7 Å². The number of amides is 3. The Morgan fingerprint density at radius 3 is 2.64 bits per heavy atom. The summed E-state index contributed by atoms with van der Waals surface area (Å²) in [6, 6.07) is 6.69. The maximum atomic E-state index is 14.2. The van der Waals surface area contributed by atoms with Crippen LogP contribution in [-0.4, -0.2) is 53.3 Å². The van der Waals surface area contributed by atoms with Gasteiger partial charge in [0.05, 0.1) is 11.5 Å². The van der Waals surface area contributed by atoms with Gasteiger partial charge in [-0.05, 0) is 67.6 Å². The number of hydrogen-bond acceptors (Lipinski definition) is 5. The first-order valence-corrected chi connectivity index (χ1v) is 12.5. The molecule has 2 fully saturated rings. The van der Waals surface area contributed by atoms with Crippen LogP contribution in [0.3, 0.4) is 0 Å². The van der Waals surface area contributed by atoms with Crippen LogP contribution in [-0.2, 0) is 15.0 Å². The van der Waals surface area contributed by atoms with Gasteiger partial charge >= 0.3 is 6.36 Å². The average Bonchev–Trinajstić information content (AvgIpc) is 3.52. The minimum atomic E-state index is -4.93. The van der Waals surface area contributed by atoms with Crippen molar-refractivity contribution in [3.05, 3.63) is 59.4 Å². The summed E-state index contributed by atoms with van der Waals surface area (Å²) < 4.78 is 56.0. The van der Waals surface area contributed by atoms with Gasteiger partial charge in [-0.15, -0.1) is 13.2 Å². The lowest BCUT2D eigenvalue weighted by Crippen LogP contribution is -2.52. The van der Waals surface area contributed by atoms with Gasteiger partial charge in [0, 0.05) is 23.5 Å². The van der Waals surface area contributed by atoms with Crippen LogP contribution in [0.4, 0.5) is 23.2 Å². The van der Waals surface area contributed by atoms with Crippen molar-refractivity contribution >= 4 is 29.1 Å². The van der Waals surface area contributed by atoms with Gasteiger partial charge in [-0.25, -0.2) is 4.39 Å². The molecule has 5 rings (SSSR count). The Hall–Kier alpha value is -3.96. The maximum Gasteiger partial charge on any atom is 0.573 e. The summed E-state index contributed by atoms with van der Waals surface area (Å²) in [7, 11) is 0. The number of alkyl halides is 3. The van der Waals surface area contributed by atoms with E-state index in [1.807, 2.05) is 0 Å². The summed E-state index contributed by atoms with van der Waals surface area (Å²) in [5, 5.41) is 13.7. The van der Waals surface area contributed by atoms with Crippen molar-refractivity contribution in [3.63, 3.8) is 0 Å². The SMILES string of the molecule is CC(=N)[C@@H]1C[C@@]2(CN1C(=O)[C@H](CC1CC1)NC(=O)c1cccc(OC(F)(F)F)c1)C(=O)Nc1ccc(F)cc12. The number of likely N-dealkylation sites (tertiary alicyclic amines) is 1. The molecule has 3 N–H and O–H groups in total. The zero-order valence-corrected chi connectivity index (χ0v) is 20.9. The Morgan fingerprint density at radius 2 is 1.97 bits per heavy atom. The van der Waals surface area contributed by atoms with Crippen molar-refractivity contribution in [2.24, 2.45) is 5.92 Å². The molecule has 39 heavy (non-hydrogen) atoms. The molecule has 1 saturated carbocycles. The van der Waals surface area contributed by atoms with Crippen LogP contribution in [0, 0.1) is 17.1 Å². The normalized spacial score (nSPS) is 22.8. The molecule has 1 spiro atoms. The number of ether oxygens (including phenoxy) is 1. The van der Waals surface area contributed by atoms with E-state index in [4.69, 9.17) is 5.41 Å². The van der Waals surface area contributed by atoms with E-state index in [9.17, 15) is 31.9 Å². The molecular formula is C27H26F4N4O4. The van der Waals surface area contributed by atoms with Gasteiger partial charge in [-0.2, -0.15) is 0 Å². The molecule has 0 radical (unpaired) electrons. The van der Waals surface area contributed by atoms with E-state index in [1.54, 1.807) is 0 Å². The van der Waals surface area contributed by atoms with Gasteiger partial charge in [-0.1, -0.05) is 18.9 Å². The van der Waals surface area contributed by atoms with Crippen LogP contribution in [0.2, 0.25) is 0 Å². The van der Waals surface area contributed by atoms with Crippen molar-refractivity contribution in [2.45, 2.75) is 56.5 Å². The number of rotatable bonds is 7. The van der Waals surface area contributed by atoms with Crippen molar-refractivity contribution in [1.82, 2.24) is 10.2 Å². The second-order valence-corrected chi connectivity index (χ2v) is 10.4. The molecule has 0 bridgehead atoms. The van der Waals surface area contributed by atoms with Crippen LogP contribution in [0.15, 0.2) is 42.5 Å². The predicted molar refractivity (Wildman–Crippen MR) is 132 cm³/mol.